The van der Waals surface area contributed by atoms with Crippen molar-refractivity contribution < 1.29 is 0 Å². The molecule has 2 heterocycles. The number of hydrogen-bond acceptors (Lipinski definition) is 4. The molecule has 2 rings (SSSR count). The first-order valence-corrected chi connectivity index (χ1v) is 5.59. The van der Waals surface area contributed by atoms with Gasteiger partial charge in [-0.1, -0.05) is 0 Å². The van der Waals surface area contributed by atoms with Gasteiger partial charge in [-0.15, -0.1) is 11.3 Å². The Morgan fingerprint density at radius 2 is 2.33 bits per heavy atom. The van der Waals surface area contributed by atoms with Crippen LogP contribution in [0.25, 0.3) is 10.2 Å². The Labute approximate surface area is 91.4 Å². The first-order chi connectivity index (χ1) is 7.06. The number of thiophene rings is 1. The summed E-state index contributed by atoms with van der Waals surface area (Å²) in [6, 6.07) is 1.85. The van der Waals surface area contributed by atoms with Gasteiger partial charge in [-0.05, 0) is 25.3 Å². The normalized spacial score (nSPS) is 12.2. The van der Waals surface area contributed by atoms with Crippen molar-refractivity contribution in [1.82, 2.24) is 9.55 Å². The van der Waals surface area contributed by atoms with Gasteiger partial charge in [0, 0.05) is 6.54 Å². The molecule has 0 spiro atoms. The maximum Gasteiger partial charge on any atom is 0.271 e. The molecule has 0 aromatic carbocycles. The van der Waals surface area contributed by atoms with E-state index in [-0.39, 0.29) is 11.1 Å². The van der Waals surface area contributed by atoms with Crippen molar-refractivity contribution in [2.24, 2.45) is 5.73 Å². The van der Waals surface area contributed by atoms with Crippen molar-refractivity contribution in [2.45, 2.75) is 19.4 Å². The number of hydrogen-bond donors (Lipinski definition) is 1. The van der Waals surface area contributed by atoms with Crippen LogP contribution in [0.3, 0.4) is 0 Å². The molecule has 0 aliphatic rings. The average molecular weight is 223 g/mol. The van der Waals surface area contributed by atoms with Gasteiger partial charge in [0.15, 0.2) is 0 Å². The quantitative estimate of drug-likeness (QED) is 0.830. The van der Waals surface area contributed by atoms with Gasteiger partial charge in [-0.3, -0.25) is 9.36 Å². The van der Waals surface area contributed by atoms with Crippen LogP contribution in [0.4, 0.5) is 0 Å². The van der Waals surface area contributed by atoms with E-state index in [1.54, 1.807) is 10.9 Å². The summed E-state index contributed by atoms with van der Waals surface area (Å²) in [5, 5.41) is 1.87. The van der Waals surface area contributed by atoms with Gasteiger partial charge in [0.1, 0.15) is 4.70 Å². The first-order valence-electron chi connectivity index (χ1n) is 4.71. The molecule has 0 saturated heterocycles. The highest BCUT2D eigenvalue weighted by Gasteiger charge is 2.20. The zero-order valence-electron chi connectivity index (χ0n) is 8.73. The van der Waals surface area contributed by atoms with Crippen molar-refractivity contribution >= 4 is 21.6 Å². The summed E-state index contributed by atoms with van der Waals surface area (Å²) in [6.45, 7) is 4.26. The highest BCUT2D eigenvalue weighted by atomic mass is 32.1. The smallest absolute Gasteiger partial charge is 0.271 e. The van der Waals surface area contributed by atoms with E-state index in [4.69, 9.17) is 5.73 Å². The number of nitrogens with zero attached hydrogens (tertiary/aromatic N) is 2. The highest BCUT2D eigenvalue weighted by molar-refractivity contribution is 7.17. The van der Waals surface area contributed by atoms with Gasteiger partial charge in [0.2, 0.25) is 0 Å². The number of nitrogens with two attached hydrogens (primary N) is 1. The minimum Gasteiger partial charge on any atom is -0.328 e. The Kier molecular flexibility index (Phi) is 2.36. The number of aromatic nitrogens is 2. The summed E-state index contributed by atoms with van der Waals surface area (Å²) >= 11 is 1.42. The second-order valence-corrected chi connectivity index (χ2v) is 4.99. The van der Waals surface area contributed by atoms with E-state index in [2.05, 4.69) is 4.98 Å². The predicted octanol–water partition coefficient (Wildman–Crippen LogP) is 1.15. The topological polar surface area (TPSA) is 60.9 Å². The number of rotatable bonds is 2. The highest BCUT2D eigenvalue weighted by Crippen LogP contribution is 2.16. The molecule has 0 fully saturated rings. The summed E-state index contributed by atoms with van der Waals surface area (Å²) in [5.41, 5.74) is 6.01. The summed E-state index contributed by atoms with van der Waals surface area (Å²) in [4.78, 5) is 16.3. The van der Waals surface area contributed by atoms with Crippen molar-refractivity contribution in [2.75, 3.05) is 6.54 Å². The SMILES string of the molecule is CC(C)(CN)n1cnc2ccsc2c1=O. The lowest BCUT2D eigenvalue weighted by molar-refractivity contribution is 0.354. The van der Waals surface area contributed by atoms with Crippen LogP contribution in [0.15, 0.2) is 22.6 Å². The van der Waals surface area contributed by atoms with Crippen molar-refractivity contribution in [3.63, 3.8) is 0 Å². The fourth-order valence-corrected chi connectivity index (χ4v) is 2.15. The first kappa shape index (κ1) is 10.3. The van der Waals surface area contributed by atoms with E-state index in [0.717, 1.165) is 5.52 Å². The summed E-state index contributed by atoms with van der Waals surface area (Å²) < 4.78 is 2.30. The third-order valence-corrected chi connectivity index (χ3v) is 3.41. The molecule has 0 atom stereocenters. The molecule has 0 unspecified atom stereocenters. The molecule has 15 heavy (non-hydrogen) atoms. The second-order valence-electron chi connectivity index (χ2n) is 4.07. The molecule has 0 amide bonds. The third kappa shape index (κ3) is 1.57. The Balaban J connectivity index is 2.73. The van der Waals surface area contributed by atoms with Crippen molar-refractivity contribution in [1.29, 1.82) is 0 Å². The Bertz CT molecular complexity index is 541. The Hall–Kier alpha value is -1.20. The van der Waals surface area contributed by atoms with Crippen molar-refractivity contribution in [3.8, 4) is 0 Å². The molecule has 0 bridgehead atoms. The molecule has 0 saturated carbocycles. The minimum absolute atomic E-state index is 0.00884. The van der Waals surface area contributed by atoms with Crippen molar-refractivity contribution in [3.05, 3.63) is 28.1 Å². The standard InChI is InChI=1S/C10H13N3OS/c1-10(2,5-11)13-6-12-7-3-4-15-8(7)9(13)14/h3-4,6H,5,11H2,1-2H3. The van der Waals surface area contributed by atoms with E-state index >= 15 is 0 Å². The summed E-state index contributed by atoms with van der Waals surface area (Å²) in [6.07, 6.45) is 1.57. The average Bonchev–Trinajstić information content (AvgIpc) is 2.66. The Morgan fingerprint density at radius 1 is 1.60 bits per heavy atom. The van der Waals surface area contributed by atoms with E-state index in [1.165, 1.54) is 11.3 Å². The monoisotopic (exact) mass is 223 g/mol. The Morgan fingerprint density at radius 3 is 3.00 bits per heavy atom. The zero-order valence-corrected chi connectivity index (χ0v) is 9.54. The van der Waals surface area contributed by atoms with E-state index < -0.39 is 0 Å². The third-order valence-electron chi connectivity index (χ3n) is 2.52. The molecule has 0 radical (unpaired) electrons. The lowest BCUT2D eigenvalue weighted by Crippen LogP contribution is -2.41. The van der Waals surface area contributed by atoms with Crippen LogP contribution in [-0.4, -0.2) is 16.1 Å². The summed E-state index contributed by atoms with van der Waals surface area (Å²) in [5.74, 6) is 0. The molecule has 2 aromatic heterocycles. The lowest BCUT2D eigenvalue weighted by atomic mass is 10.1. The fraction of sp³-hybridized carbons (Fsp3) is 0.400. The van der Waals surface area contributed by atoms with Gasteiger partial charge in [-0.2, -0.15) is 0 Å². The van der Waals surface area contributed by atoms with Crippen LogP contribution in [-0.2, 0) is 5.54 Å². The molecule has 0 aliphatic carbocycles. The molecular formula is C10H13N3OS. The lowest BCUT2D eigenvalue weighted by Gasteiger charge is -2.24. The molecule has 0 aliphatic heterocycles. The molecule has 80 valence electrons. The number of fused-ring (bicyclic) bond motifs is 1. The van der Waals surface area contributed by atoms with Gasteiger partial charge < -0.3 is 5.73 Å². The van der Waals surface area contributed by atoms with Crippen LogP contribution < -0.4 is 11.3 Å². The van der Waals surface area contributed by atoms with Crippen LogP contribution in [0.1, 0.15) is 13.8 Å². The maximum absolute atomic E-state index is 12.1. The van der Waals surface area contributed by atoms with E-state index in [9.17, 15) is 4.79 Å². The predicted molar refractivity (Wildman–Crippen MR) is 62.3 cm³/mol. The van der Waals surface area contributed by atoms with Gasteiger partial charge in [-0.25, -0.2) is 4.98 Å². The summed E-state index contributed by atoms with van der Waals surface area (Å²) in [7, 11) is 0. The molecule has 2 aromatic rings. The van der Waals surface area contributed by atoms with Crippen LogP contribution in [0, 0.1) is 0 Å². The van der Waals surface area contributed by atoms with Gasteiger partial charge >= 0.3 is 0 Å². The minimum atomic E-state index is -0.387. The molecule has 5 heteroatoms. The van der Waals surface area contributed by atoms with E-state index in [0.29, 0.717) is 11.2 Å². The zero-order chi connectivity index (χ0) is 11.1. The fourth-order valence-electron chi connectivity index (χ4n) is 1.38. The van der Waals surface area contributed by atoms with Gasteiger partial charge in [0.05, 0.1) is 17.4 Å². The van der Waals surface area contributed by atoms with Crippen LogP contribution >= 0.6 is 11.3 Å². The molecule has 2 N–H and O–H groups in total. The van der Waals surface area contributed by atoms with E-state index in [1.807, 2.05) is 25.3 Å². The second kappa shape index (κ2) is 3.43. The van der Waals surface area contributed by atoms with Crippen LogP contribution in [0.5, 0.6) is 0 Å². The molecular weight excluding hydrogens is 210 g/mol. The van der Waals surface area contributed by atoms with Crippen LogP contribution in [0.2, 0.25) is 0 Å². The molecule has 4 nitrogen and oxygen atoms in total. The largest absolute Gasteiger partial charge is 0.328 e. The van der Waals surface area contributed by atoms with Gasteiger partial charge in [0.25, 0.3) is 5.56 Å². The maximum atomic E-state index is 12.1.